The number of carbonyl (C=O) groups is 1. The molecule has 0 aliphatic rings. The molecule has 0 atom stereocenters. The molecule has 0 saturated carbocycles. The number of rotatable bonds is 7. The van der Waals surface area contributed by atoms with Crippen LogP contribution >= 0.6 is 0 Å². The van der Waals surface area contributed by atoms with E-state index in [9.17, 15) is 4.79 Å². The molecule has 0 radical (unpaired) electrons. The van der Waals surface area contributed by atoms with E-state index in [2.05, 4.69) is 40.0 Å². The second-order valence-corrected chi connectivity index (χ2v) is 5.66. The highest BCUT2D eigenvalue weighted by Gasteiger charge is 2.05. The number of aryl methyl sites for hydroxylation is 1. The van der Waals surface area contributed by atoms with E-state index in [-0.39, 0.29) is 0 Å². The second kappa shape index (κ2) is 7.18. The molecule has 0 saturated heterocycles. The Morgan fingerprint density at radius 2 is 2.17 bits per heavy atom. The molecule has 0 unspecified atom stereocenters. The predicted octanol–water partition coefficient (Wildman–Crippen LogP) is 1.83. The van der Waals surface area contributed by atoms with Gasteiger partial charge in [-0.3, -0.25) is 0 Å². The third-order valence-electron chi connectivity index (χ3n) is 3.90. The fourth-order valence-corrected chi connectivity index (χ4v) is 2.70. The molecule has 2 heterocycles. The molecule has 3 rings (SSSR count). The Morgan fingerprint density at radius 3 is 2.96 bits per heavy atom. The van der Waals surface area contributed by atoms with Gasteiger partial charge < -0.3 is 25.3 Å². The molecule has 7 heteroatoms. The van der Waals surface area contributed by atoms with Gasteiger partial charge in [-0.05, 0) is 29.5 Å². The summed E-state index contributed by atoms with van der Waals surface area (Å²) in [5.74, 6) is 0. The van der Waals surface area contributed by atoms with Crippen LogP contribution in [0.15, 0.2) is 43.0 Å². The molecule has 24 heavy (non-hydrogen) atoms. The number of carbonyl (C=O) groups excluding carboxylic acids is 1. The minimum absolute atomic E-state index is 0.312. The topological polar surface area (TPSA) is 101 Å². The summed E-state index contributed by atoms with van der Waals surface area (Å²) in [6.45, 7) is 2.27. The molecule has 0 aliphatic carbocycles. The first kappa shape index (κ1) is 16.1. The molecule has 1 amide bonds. The van der Waals surface area contributed by atoms with Crippen LogP contribution in [0, 0.1) is 0 Å². The number of amides is 1. The van der Waals surface area contributed by atoms with E-state index < -0.39 is 6.09 Å². The van der Waals surface area contributed by atoms with Crippen LogP contribution in [0.5, 0.6) is 0 Å². The lowest BCUT2D eigenvalue weighted by molar-refractivity contribution is 0.153. The van der Waals surface area contributed by atoms with Gasteiger partial charge in [0.2, 0.25) is 0 Å². The van der Waals surface area contributed by atoms with Gasteiger partial charge in [0.05, 0.1) is 25.2 Å². The molecular formula is C17H21N5O2. The fraction of sp³-hybridized carbons (Fsp3) is 0.294. The lowest BCUT2D eigenvalue weighted by Gasteiger charge is -2.05. The lowest BCUT2D eigenvalue weighted by atomic mass is 10.1. The van der Waals surface area contributed by atoms with Gasteiger partial charge in [-0.25, -0.2) is 9.78 Å². The average Bonchev–Trinajstić information content (AvgIpc) is 3.18. The predicted molar refractivity (Wildman–Crippen MR) is 91.3 cm³/mol. The molecule has 0 spiro atoms. The van der Waals surface area contributed by atoms with Crippen molar-refractivity contribution in [1.82, 2.24) is 14.1 Å². The van der Waals surface area contributed by atoms with Gasteiger partial charge in [-0.2, -0.15) is 0 Å². The Labute approximate surface area is 139 Å². The van der Waals surface area contributed by atoms with E-state index in [1.54, 1.807) is 6.33 Å². The van der Waals surface area contributed by atoms with Gasteiger partial charge in [0.15, 0.2) is 0 Å². The Balaban J connectivity index is 1.65. The third-order valence-corrected chi connectivity index (χ3v) is 3.90. The van der Waals surface area contributed by atoms with Crippen LogP contribution < -0.4 is 11.5 Å². The molecule has 4 N–H and O–H groups in total. The summed E-state index contributed by atoms with van der Waals surface area (Å²) in [5, 5.41) is 1.19. The highest BCUT2D eigenvalue weighted by molar-refractivity contribution is 5.80. The zero-order valence-corrected chi connectivity index (χ0v) is 13.4. The monoisotopic (exact) mass is 327 g/mol. The summed E-state index contributed by atoms with van der Waals surface area (Å²) in [6, 6.07) is 8.35. The van der Waals surface area contributed by atoms with Gasteiger partial charge in [0, 0.05) is 31.0 Å². The van der Waals surface area contributed by atoms with Crippen LogP contribution in [0.3, 0.4) is 0 Å². The summed E-state index contributed by atoms with van der Waals surface area (Å²) in [4.78, 5) is 15.0. The first-order valence-corrected chi connectivity index (χ1v) is 7.86. The van der Waals surface area contributed by atoms with Gasteiger partial charge >= 0.3 is 6.09 Å². The molecule has 0 fully saturated rings. The van der Waals surface area contributed by atoms with Crippen LogP contribution in [-0.4, -0.2) is 26.8 Å². The van der Waals surface area contributed by atoms with Crippen molar-refractivity contribution >= 4 is 17.0 Å². The van der Waals surface area contributed by atoms with Gasteiger partial charge in [-0.15, -0.1) is 0 Å². The molecule has 7 nitrogen and oxygen atoms in total. The van der Waals surface area contributed by atoms with Crippen molar-refractivity contribution in [2.24, 2.45) is 11.5 Å². The molecule has 0 bridgehead atoms. The van der Waals surface area contributed by atoms with E-state index >= 15 is 0 Å². The maximum absolute atomic E-state index is 10.5. The Hall–Kier alpha value is -2.80. The molecule has 126 valence electrons. The number of hydrogen-bond donors (Lipinski definition) is 2. The molecule has 2 aromatic heterocycles. The minimum Gasteiger partial charge on any atom is -0.450 e. The number of imidazole rings is 1. The van der Waals surface area contributed by atoms with Crippen LogP contribution in [-0.2, 0) is 24.4 Å². The van der Waals surface area contributed by atoms with Crippen molar-refractivity contribution in [3.05, 3.63) is 54.2 Å². The van der Waals surface area contributed by atoms with E-state index in [0.717, 1.165) is 23.3 Å². The maximum atomic E-state index is 10.5. The van der Waals surface area contributed by atoms with E-state index in [1.807, 2.05) is 10.8 Å². The molecule has 0 aliphatic heterocycles. The molecular weight excluding hydrogens is 306 g/mol. The highest BCUT2D eigenvalue weighted by atomic mass is 16.5. The van der Waals surface area contributed by atoms with Crippen molar-refractivity contribution in [2.45, 2.75) is 26.1 Å². The van der Waals surface area contributed by atoms with E-state index in [4.69, 9.17) is 16.2 Å². The zero-order chi connectivity index (χ0) is 16.9. The van der Waals surface area contributed by atoms with E-state index in [1.165, 1.54) is 5.39 Å². The van der Waals surface area contributed by atoms with Crippen molar-refractivity contribution in [3.63, 3.8) is 0 Å². The van der Waals surface area contributed by atoms with Crippen LogP contribution in [0.1, 0.15) is 17.7 Å². The van der Waals surface area contributed by atoms with Crippen molar-refractivity contribution in [1.29, 1.82) is 0 Å². The van der Waals surface area contributed by atoms with E-state index in [0.29, 0.717) is 26.1 Å². The number of fused-ring (bicyclic) bond motifs is 1. The standard InChI is InChI=1S/C17H21N5O2/c18-9-13-2-3-14-4-6-22(16(14)8-13)11-15-10-21(12-20-15)5-1-7-24-17(19)23/h2-4,6,8,10,12H,1,5,7,9,11,18H2,(H2,19,23). The number of aromatic nitrogens is 3. The lowest BCUT2D eigenvalue weighted by Crippen LogP contribution is -2.14. The number of primary amides is 1. The smallest absolute Gasteiger partial charge is 0.404 e. The number of benzene rings is 1. The van der Waals surface area contributed by atoms with Gasteiger partial charge in [0.1, 0.15) is 0 Å². The van der Waals surface area contributed by atoms with Crippen LogP contribution in [0.4, 0.5) is 4.79 Å². The average molecular weight is 327 g/mol. The first-order chi connectivity index (χ1) is 11.7. The number of hydrogen-bond acceptors (Lipinski definition) is 4. The summed E-state index contributed by atoms with van der Waals surface area (Å²) in [6.07, 6.45) is 5.81. The van der Waals surface area contributed by atoms with Crippen LogP contribution in [0.2, 0.25) is 0 Å². The van der Waals surface area contributed by atoms with Crippen LogP contribution in [0.25, 0.3) is 10.9 Å². The molecule has 3 aromatic rings. The fourth-order valence-electron chi connectivity index (χ4n) is 2.70. The summed E-state index contributed by atoms with van der Waals surface area (Å²) in [5.41, 5.74) is 13.9. The number of nitrogens with two attached hydrogens (primary N) is 2. The molecule has 1 aromatic carbocycles. The SMILES string of the molecule is NCc1ccc2ccn(Cc3cn(CCCOC(N)=O)cn3)c2c1. The number of ether oxygens (including phenoxy) is 1. The third kappa shape index (κ3) is 3.75. The second-order valence-electron chi connectivity index (χ2n) is 5.66. The first-order valence-electron chi connectivity index (χ1n) is 7.86. The quantitative estimate of drug-likeness (QED) is 0.646. The Kier molecular flexibility index (Phi) is 4.81. The highest BCUT2D eigenvalue weighted by Crippen LogP contribution is 2.18. The summed E-state index contributed by atoms with van der Waals surface area (Å²) < 4.78 is 8.86. The van der Waals surface area contributed by atoms with Crippen molar-refractivity contribution in [2.75, 3.05) is 6.61 Å². The largest absolute Gasteiger partial charge is 0.450 e. The van der Waals surface area contributed by atoms with Gasteiger partial charge in [-0.1, -0.05) is 12.1 Å². The maximum Gasteiger partial charge on any atom is 0.404 e. The summed E-state index contributed by atoms with van der Waals surface area (Å²) in [7, 11) is 0. The normalized spacial score (nSPS) is 11.0. The zero-order valence-electron chi connectivity index (χ0n) is 13.4. The Morgan fingerprint density at radius 1 is 1.29 bits per heavy atom. The van der Waals surface area contributed by atoms with Crippen molar-refractivity contribution < 1.29 is 9.53 Å². The Bertz CT molecular complexity index is 836. The minimum atomic E-state index is -0.738. The number of nitrogens with zero attached hydrogens (tertiary/aromatic N) is 3. The van der Waals surface area contributed by atoms with Gasteiger partial charge in [0.25, 0.3) is 0 Å². The summed E-state index contributed by atoms with van der Waals surface area (Å²) >= 11 is 0. The van der Waals surface area contributed by atoms with Crippen molar-refractivity contribution in [3.8, 4) is 0 Å².